The van der Waals surface area contributed by atoms with Crippen molar-refractivity contribution < 1.29 is 14.7 Å². The molecule has 0 bridgehead atoms. The van der Waals surface area contributed by atoms with Gasteiger partial charge in [-0.05, 0) is 18.2 Å². The quantitative estimate of drug-likeness (QED) is 0.561. The summed E-state index contributed by atoms with van der Waals surface area (Å²) < 4.78 is 0. The van der Waals surface area contributed by atoms with E-state index in [0.29, 0.717) is 0 Å². The van der Waals surface area contributed by atoms with Crippen LogP contribution in [0.25, 0.3) is 10.9 Å². The first-order valence-electron chi connectivity index (χ1n) is 10.2. The van der Waals surface area contributed by atoms with Crippen molar-refractivity contribution in [2.45, 2.75) is 12.5 Å². The zero-order chi connectivity index (χ0) is 20.9. The van der Waals surface area contributed by atoms with Crippen LogP contribution in [0, 0.1) is 0 Å². The summed E-state index contributed by atoms with van der Waals surface area (Å²) in [5, 5.41) is 12.7. The number of aromatic nitrogens is 1. The summed E-state index contributed by atoms with van der Waals surface area (Å²) in [6, 6.07) is 17.7. The number of nitrogens with one attached hydrogen (secondary N) is 2. The summed E-state index contributed by atoms with van der Waals surface area (Å²) in [4.78, 5) is 31.8. The van der Waals surface area contributed by atoms with Crippen molar-refractivity contribution in [1.82, 2.24) is 15.2 Å². The first-order valence-corrected chi connectivity index (χ1v) is 10.2. The Kier molecular flexibility index (Phi) is 5.99. The van der Waals surface area contributed by atoms with Crippen molar-refractivity contribution in [2.75, 3.05) is 37.6 Å². The number of para-hydroxylation sites is 2. The highest BCUT2D eigenvalue weighted by atomic mass is 16.4. The third-order valence-corrected chi connectivity index (χ3v) is 5.60. The number of piperazine rings is 1. The SMILES string of the molecule is O=C(O)CCNC(=O)C(c1c[nH]c2ccccc12)N1CCN(c2ccccc2)CC1. The van der Waals surface area contributed by atoms with E-state index in [1.807, 2.05) is 48.7 Å². The lowest BCUT2D eigenvalue weighted by Gasteiger charge is -2.39. The molecule has 1 aliphatic rings. The molecule has 4 rings (SSSR count). The van der Waals surface area contributed by atoms with E-state index in [1.165, 1.54) is 5.69 Å². The number of hydrogen-bond donors (Lipinski definition) is 3. The van der Waals surface area contributed by atoms with Crippen LogP contribution in [0.15, 0.2) is 60.8 Å². The minimum atomic E-state index is -0.921. The van der Waals surface area contributed by atoms with Crippen molar-refractivity contribution in [1.29, 1.82) is 0 Å². The molecule has 1 atom stereocenters. The Morgan fingerprint density at radius 3 is 2.43 bits per heavy atom. The first-order chi connectivity index (χ1) is 14.6. The highest BCUT2D eigenvalue weighted by Crippen LogP contribution is 2.30. The van der Waals surface area contributed by atoms with Crippen LogP contribution in [0.5, 0.6) is 0 Å². The molecule has 0 saturated carbocycles. The maximum absolute atomic E-state index is 13.1. The number of nitrogens with zero attached hydrogens (tertiary/aromatic N) is 2. The average Bonchev–Trinajstić information content (AvgIpc) is 3.19. The normalized spacial score (nSPS) is 15.8. The molecule has 1 aromatic heterocycles. The van der Waals surface area contributed by atoms with Gasteiger partial charge in [0, 0.05) is 61.1 Å². The number of carbonyl (C=O) groups excluding carboxylic acids is 1. The second-order valence-electron chi connectivity index (χ2n) is 7.49. The summed E-state index contributed by atoms with van der Waals surface area (Å²) in [5.41, 5.74) is 3.09. The number of aromatic amines is 1. The number of benzene rings is 2. The highest BCUT2D eigenvalue weighted by Gasteiger charge is 2.32. The largest absolute Gasteiger partial charge is 0.481 e. The molecule has 2 heterocycles. The number of amides is 1. The molecule has 0 spiro atoms. The minimum absolute atomic E-state index is 0.0892. The molecule has 0 aliphatic carbocycles. The number of carboxylic acid groups (broad SMARTS) is 1. The Morgan fingerprint density at radius 1 is 1.00 bits per heavy atom. The van der Waals surface area contributed by atoms with Gasteiger partial charge in [-0.1, -0.05) is 36.4 Å². The van der Waals surface area contributed by atoms with Crippen LogP contribution in [-0.4, -0.2) is 59.6 Å². The van der Waals surface area contributed by atoms with E-state index < -0.39 is 12.0 Å². The molecule has 2 aromatic carbocycles. The number of carbonyl (C=O) groups is 2. The maximum Gasteiger partial charge on any atom is 0.305 e. The summed E-state index contributed by atoms with van der Waals surface area (Å²) in [7, 11) is 0. The fraction of sp³-hybridized carbons (Fsp3) is 0.304. The molecule has 156 valence electrons. The first kappa shape index (κ1) is 20.0. The Hall–Kier alpha value is -3.32. The lowest BCUT2D eigenvalue weighted by Crippen LogP contribution is -2.51. The van der Waals surface area contributed by atoms with Gasteiger partial charge >= 0.3 is 5.97 Å². The van der Waals surface area contributed by atoms with E-state index >= 15 is 0 Å². The van der Waals surface area contributed by atoms with Gasteiger partial charge in [-0.3, -0.25) is 14.5 Å². The molecule has 1 saturated heterocycles. The Bertz CT molecular complexity index is 1010. The summed E-state index contributed by atoms with van der Waals surface area (Å²) in [6.07, 6.45) is 1.81. The predicted octanol–water partition coefficient (Wildman–Crippen LogP) is 2.62. The van der Waals surface area contributed by atoms with E-state index in [1.54, 1.807) is 0 Å². The summed E-state index contributed by atoms with van der Waals surface area (Å²) >= 11 is 0. The molecular weight excluding hydrogens is 380 g/mol. The number of rotatable bonds is 7. The van der Waals surface area contributed by atoms with Gasteiger partial charge in [-0.2, -0.15) is 0 Å². The fourth-order valence-electron chi connectivity index (χ4n) is 4.09. The second kappa shape index (κ2) is 9.00. The third-order valence-electron chi connectivity index (χ3n) is 5.60. The van der Waals surface area contributed by atoms with Crippen LogP contribution < -0.4 is 10.2 Å². The van der Waals surface area contributed by atoms with Crippen LogP contribution in [-0.2, 0) is 9.59 Å². The molecule has 3 N–H and O–H groups in total. The van der Waals surface area contributed by atoms with Gasteiger partial charge in [0.05, 0.1) is 6.42 Å². The maximum atomic E-state index is 13.1. The molecule has 7 heteroatoms. The number of fused-ring (bicyclic) bond motifs is 1. The number of anilines is 1. The zero-order valence-electron chi connectivity index (χ0n) is 16.8. The van der Waals surface area contributed by atoms with Gasteiger partial charge in [0.15, 0.2) is 0 Å². The van der Waals surface area contributed by atoms with Crippen LogP contribution in [0.2, 0.25) is 0 Å². The van der Waals surface area contributed by atoms with Crippen LogP contribution in [0.3, 0.4) is 0 Å². The monoisotopic (exact) mass is 406 g/mol. The topological polar surface area (TPSA) is 88.7 Å². The van der Waals surface area contributed by atoms with E-state index in [-0.39, 0.29) is 18.9 Å². The molecular formula is C23H26N4O3. The van der Waals surface area contributed by atoms with Gasteiger partial charge in [0.2, 0.25) is 5.91 Å². The average molecular weight is 406 g/mol. The number of aliphatic carboxylic acids is 1. The zero-order valence-corrected chi connectivity index (χ0v) is 16.8. The van der Waals surface area contributed by atoms with Gasteiger partial charge in [0.25, 0.3) is 0 Å². The fourth-order valence-corrected chi connectivity index (χ4v) is 4.09. The third kappa shape index (κ3) is 4.31. The molecule has 1 amide bonds. The Labute approximate surface area is 175 Å². The number of hydrogen-bond acceptors (Lipinski definition) is 4. The lowest BCUT2D eigenvalue weighted by molar-refractivity contribution is -0.137. The molecule has 0 radical (unpaired) electrons. The Balaban J connectivity index is 1.55. The van der Waals surface area contributed by atoms with Crippen LogP contribution in [0.4, 0.5) is 5.69 Å². The summed E-state index contributed by atoms with van der Waals surface area (Å²) in [6.45, 7) is 3.25. The van der Waals surface area contributed by atoms with Gasteiger partial charge in [-0.15, -0.1) is 0 Å². The van der Waals surface area contributed by atoms with E-state index in [9.17, 15) is 9.59 Å². The van der Waals surface area contributed by atoms with E-state index in [0.717, 1.165) is 42.6 Å². The van der Waals surface area contributed by atoms with Gasteiger partial charge in [0.1, 0.15) is 6.04 Å². The standard InChI is InChI=1S/C23H26N4O3/c28-21(29)10-11-24-23(30)22(19-16-25-20-9-5-4-8-18(19)20)27-14-12-26(13-15-27)17-6-2-1-3-7-17/h1-9,16,22,25H,10-15H2,(H,24,30)(H,28,29). The molecule has 1 aliphatic heterocycles. The van der Waals surface area contributed by atoms with E-state index in [4.69, 9.17) is 5.11 Å². The van der Waals surface area contributed by atoms with Crippen molar-refractivity contribution in [3.05, 3.63) is 66.4 Å². The number of H-pyrrole nitrogens is 1. The van der Waals surface area contributed by atoms with Gasteiger partial charge in [-0.25, -0.2) is 0 Å². The summed E-state index contributed by atoms with van der Waals surface area (Å²) in [5.74, 6) is -1.08. The van der Waals surface area contributed by atoms with Gasteiger partial charge < -0.3 is 20.3 Å². The van der Waals surface area contributed by atoms with Crippen molar-refractivity contribution in [3.8, 4) is 0 Å². The number of carboxylic acids is 1. The Morgan fingerprint density at radius 2 is 1.70 bits per heavy atom. The molecule has 7 nitrogen and oxygen atoms in total. The molecule has 3 aromatic rings. The highest BCUT2D eigenvalue weighted by molar-refractivity contribution is 5.92. The van der Waals surface area contributed by atoms with Crippen molar-refractivity contribution in [2.24, 2.45) is 0 Å². The van der Waals surface area contributed by atoms with Crippen molar-refractivity contribution >= 4 is 28.5 Å². The smallest absolute Gasteiger partial charge is 0.305 e. The second-order valence-corrected chi connectivity index (χ2v) is 7.49. The van der Waals surface area contributed by atoms with Crippen LogP contribution in [0.1, 0.15) is 18.0 Å². The molecule has 1 unspecified atom stereocenters. The van der Waals surface area contributed by atoms with E-state index in [2.05, 4.69) is 32.2 Å². The van der Waals surface area contributed by atoms with Crippen molar-refractivity contribution in [3.63, 3.8) is 0 Å². The molecule has 1 fully saturated rings. The minimum Gasteiger partial charge on any atom is -0.481 e. The lowest BCUT2D eigenvalue weighted by atomic mass is 10.0. The van der Waals surface area contributed by atoms with Crippen LogP contribution >= 0.6 is 0 Å². The predicted molar refractivity (Wildman–Crippen MR) is 117 cm³/mol. The molecule has 30 heavy (non-hydrogen) atoms.